The summed E-state index contributed by atoms with van der Waals surface area (Å²) in [6.45, 7) is 0. The van der Waals surface area contributed by atoms with E-state index in [2.05, 4.69) is 198 Å². The second-order valence-electron chi connectivity index (χ2n) is 17.6. The van der Waals surface area contributed by atoms with Crippen LogP contribution in [0.1, 0.15) is 23.1 Å². The van der Waals surface area contributed by atoms with Crippen LogP contribution < -0.4 is 4.90 Å². The highest BCUT2D eigenvalue weighted by Gasteiger charge is 2.49. The van der Waals surface area contributed by atoms with Crippen molar-refractivity contribution in [3.8, 4) is 67.8 Å². The third kappa shape index (κ3) is 6.13. The number of hydrogen-bond donors (Lipinski definition) is 5. The summed E-state index contributed by atoms with van der Waals surface area (Å²) in [6.07, 6.45) is 9.78. The van der Waals surface area contributed by atoms with Crippen LogP contribution in [0.4, 0.5) is 17.1 Å². The molecule has 0 radical (unpaired) electrons. The van der Waals surface area contributed by atoms with Crippen LogP contribution in [0, 0.1) is 5.92 Å². The Morgan fingerprint density at radius 2 is 1.01 bits per heavy atom. The Balaban J connectivity index is 1.02. The fourth-order valence-corrected chi connectivity index (χ4v) is 11.0. The van der Waals surface area contributed by atoms with Crippen molar-refractivity contribution < 1.29 is 25.5 Å². The molecule has 0 fully saturated rings. The van der Waals surface area contributed by atoms with Gasteiger partial charge < -0.3 is 35.0 Å². The molecule has 10 aromatic rings. The second kappa shape index (κ2) is 15.9. The number of anilines is 3. The number of hydrogen-bond acceptors (Lipinski definition) is 6. The van der Waals surface area contributed by atoms with Gasteiger partial charge in [0.1, 0.15) is 0 Å². The molecule has 0 saturated heterocycles. The lowest BCUT2D eigenvalue weighted by atomic mass is 9.62. The number of aromatic hydroxyl groups is 5. The first kappa shape index (κ1) is 40.6. The van der Waals surface area contributed by atoms with Gasteiger partial charge in [0.05, 0.1) is 22.0 Å². The van der Waals surface area contributed by atoms with Gasteiger partial charge in [-0.25, -0.2) is 0 Å². The lowest BCUT2D eigenvalue weighted by Crippen LogP contribution is -2.35. The minimum atomic E-state index is -1.00. The molecular weight excluding hydrogens is 841 g/mol. The zero-order valence-electron chi connectivity index (χ0n) is 36.7. The number of rotatable bonds is 8. The molecule has 0 spiro atoms. The van der Waals surface area contributed by atoms with E-state index in [1.54, 1.807) is 12.1 Å². The first-order valence-electron chi connectivity index (χ1n) is 22.7. The summed E-state index contributed by atoms with van der Waals surface area (Å²) in [6, 6.07) is 67.8. The largest absolute Gasteiger partial charge is 0.504 e. The average molecular weight is 885 g/mol. The van der Waals surface area contributed by atoms with E-state index in [4.69, 9.17) is 0 Å². The summed E-state index contributed by atoms with van der Waals surface area (Å²) in [7, 11) is 0. The van der Waals surface area contributed by atoms with Crippen LogP contribution in [0.15, 0.2) is 218 Å². The highest BCUT2D eigenvalue weighted by Crippen LogP contribution is 2.59. The zero-order valence-corrected chi connectivity index (χ0v) is 36.7. The van der Waals surface area contributed by atoms with Crippen LogP contribution >= 0.6 is 0 Å². The second-order valence-corrected chi connectivity index (χ2v) is 17.6. The van der Waals surface area contributed by atoms with Gasteiger partial charge in [-0.3, -0.25) is 0 Å². The van der Waals surface area contributed by atoms with Gasteiger partial charge in [0.25, 0.3) is 0 Å². The maximum absolute atomic E-state index is 10.9. The number of fused-ring (bicyclic) bond motifs is 6. The number of aromatic nitrogens is 1. The van der Waals surface area contributed by atoms with Gasteiger partial charge in [0, 0.05) is 33.5 Å². The Morgan fingerprint density at radius 3 is 1.72 bits per heavy atom. The van der Waals surface area contributed by atoms with E-state index in [9.17, 15) is 25.5 Å². The van der Waals surface area contributed by atoms with Crippen molar-refractivity contribution in [3.05, 3.63) is 235 Å². The number of benzene rings is 9. The monoisotopic (exact) mass is 884 g/mol. The van der Waals surface area contributed by atoms with E-state index in [1.165, 1.54) is 38.6 Å². The van der Waals surface area contributed by atoms with E-state index in [0.717, 1.165) is 51.3 Å². The molecular formula is C61H44N2O5. The van der Waals surface area contributed by atoms with Crippen LogP contribution in [0.3, 0.4) is 0 Å². The van der Waals surface area contributed by atoms with Gasteiger partial charge in [0.15, 0.2) is 11.5 Å². The summed E-state index contributed by atoms with van der Waals surface area (Å²) in [4.78, 5) is 2.20. The molecule has 7 heteroatoms. The van der Waals surface area contributed by atoms with Gasteiger partial charge >= 0.3 is 0 Å². The van der Waals surface area contributed by atoms with Gasteiger partial charge in [-0.2, -0.15) is 0 Å². The Hall–Kier alpha value is -8.94. The number of phenolic OH excluding ortho intramolecular Hbond substituents is 5. The van der Waals surface area contributed by atoms with Crippen LogP contribution in [-0.2, 0) is 5.41 Å². The van der Waals surface area contributed by atoms with Crippen LogP contribution in [-0.4, -0.2) is 30.1 Å². The van der Waals surface area contributed by atoms with Crippen molar-refractivity contribution >= 4 is 38.9 Å². The molecule has 2 aliphatic rings. The molecule has 7 nitrogen and oxygen atoms in total. The van der Waals surface area contributed by atoms with E-state index in [-0.39, 0.29) is 11.5 Å². The summed E-state index contributed by atoms with van der Waals surface area (Å²) in [5.41, 5.74) is 13.9. The number of nitrogens with zero attached hydrogens (tertiary/aromatic N) is 2. The maximum Gasteiger partial charge on any atom is 0.208 e. The van der Waals surface area contributed by atoms with Crippen LogP contribution in [0.5, 0.6) is 28.7 Å². The van der Waals surface area contributed by atoms with E-state index in [1.807, 2.05) is 18.2 Å². The fourth-order valence-electron chi connectivity index (χ4n) is 11.0. The smallest absolute Gasteiger partial charge is 0.208 e. The molecule has 0 bridgehead atoms. The molecule has 0 amide bonds. The SMILES string of the molecule is Oc1c(O)c(O)c(-c2ccc(N(c3ccc(-c4ccc5c(c4)c4ccccc4n5-c4ccccc4)cc3)c3ccc4c(c3)C(c3ccccc3)(C3C=CC=CC3)c3ccccc3-4)cc2)c(O)c1O. The molecule has 12 rings (SSSR count). The molecule has 0 aliphatic heterocycles. The van der Waals surface area contributed by atoms with Crippen LogP contribution in [0.25, 0.3) is 60.9 Å². The number of phenols is 5. The summed E-state index contributed by atoms with van der Waals surface area (Å²) < 4.78 is 2.32. The molecule has 1 heterocycles. The minimum Gasteiger partial charge on any atom is -0.504 e. The summed E-state index contributed by atoms with van der Waals surface area (Å²) in [5, 5.41) is 55.0. The van der Waals surface area contributed by atoms with Crippen molar-refractivity contribution in [2.75, 3.05) is 4.90 Å². The Kier molecular flexibility index (Phi) is 9.48. The van der Waals surface area contributed by atoms with Gasteiger partial charge in [-0.15, -0.1) is 0 Å². The van der Waals surface area contributed by atoms with Gasteiger partial charge in [0.2, 0.25) is 17.2 Å². The van der Waals surface area contributed by atoms with Crippen molar-refractivity contribution in [1.82, 2.24) is 4.57 Å². The fraction of sp³-hybridized carbons (Fsp3) is 0.0492. The summed E-state index contributed by atoms with van der Waals surface area (Å²) in [5.74, 6) is -4.21. The molecule has 2 aliphatic carbocycles. The number of para-hydroxylation sites is 2. The average Bonchev–Trinajstić information content (AvgIpc) is 3.89. The molecule has 5 N–H and O–H groups in total. The lowest BCUT2D eigenvalue weighted by molar-refractivity contribution is 0.330. The predicted molar refractivity (Wildman–Crippen MR) is 273 cm³/mol. The van der Waals surface area contributed by atoms with E-state index < -0.39 is 34.2 Å². The van der Waals surface area contributed by atoms with Gasteiger partial charge in [-0.05, 0) is 124 Å². The normalized spacial score (nSPS) is 16.0. The van der Waals surface area contributed by atoms with Crippen LogP contribution in [0.2, 0.25) is 0 Å². The topological polar surface area (TPSA) is 109 Å². The Bertz CT molecular complexity index is 3620. The quantitative estimate of drug-likeness (QED) is 0.0768. The minimum absolute atomic E-state index is 0.136. The zero-order chi connectivity index (χ0) is 46.1. The molecule has 9 aromatic carbocycles. The third-order valence-electron chi connectivity index (χ3n) is 14.0. The van der Waals surface area contributed by atoms with Crippen molar-refractivity contribution in [1.29, 1.82) is 0 Å². The molecule has 2 atom stereocenters. The van der Waals surface area contributed by atoms with Crippen molar-refractivity contribution in [3.63, 3.8) is 0 Å². The third-order valence-corrected chi connectivity index (χ3v) is 14.0. The molecule has 0 saturated carbocycles. The first-order valence-corrected chi connectivity index (χ1v) is 22.7. The highest BCUT2D eigenvalue weighted by atomic mass is 16.4. The maximum atomic E-state index is 10.9. The standard InChI is InChI=1S/C61H44N2O5/c64-56-55(57(65)59(67)60(68)58(56)66)39-26-31-45(32-27-39)62(44-29-24-38(25-30-44)40-28-35-54-50(36-40)49-21-11-13-23-53(49)63(54)43-18-8-3-9-19-43)46-33-34-48-47-20-10-12-22-51(47)61(52(48)37-46,41-14-4-1-5-15-41)42-16-6-2-7-17-42/h1-16,18-37,42,64-68H,17H2. The predicted octanol–water partition coefficient (Wildman–Crippen LogP) is 14.6. The first-order chi connectivity index (χ1) is 33.3. The molecule has 328 valence electrons. The Morgan fingerprint density at radius 1 is 0.441 bits per heavy atom. The summed E-state index contributed by atoms with van der Waals surface area (Å²) >= 11 is 0. The molecule has 2 unspecified atom stereocenters. The molecule has 68 heavy (non-hydrogen) atoms. The Labute approximate surface area is 393 Å². The van der Waals surface area contributed by atoms with E-state index >= 15 is 0 Å². The molecule has 1 aromatic heterocycles. The number of allylic oxidation sites excluding steroid dienone is 4. The van der Waals surface area contributed by atoms with E-state index in [0.29, 0.717) is 5.56 Å². The highest BCUT2D eigenvalue weighted by molar-refractivity contribution is 6.10. The van der Waals surface area contributed by atoms with Crippen molar-refractivity contribution in [2.45, 2.75) is 11.8 Å². The lowest BCUT2D eigenvalue weighted by Gasteiger charge is -2.40. The van der Waals surface area contributed by atoms with Crippen molar-refractivity contribution in [2.24, 2.45) is 5.92 Å². The van der Waals surface area contributed by atoms with Gasteiger partial charge in [-0.1, -0.05) is 152 Å².